The van der Waals surface area contributed by atoms with E-state index in [1.54, 1.807) is 0 Å². The Morgan fingerprint density at radius 2 is 2.17 bits per heavy atom. The lowest BCUT2D eigenvalue weighted by molar-refractivity contribution is 0.444. The molecule has 1 aliphatic carbocycles. The van der Waals surface area contributed by atoms with Gasteiger partial charge in [-0.05, 0) is 32.6 Å². The van der Waals surface area contributed by atoms with E-state index < -0.39 is 0 Å². The molecule has 1 fully saturated rings. The zero-order valence-electron chi connectivity index (χ0n) is 8.56. The molecule has 0 aromatic heterocycles. The van der Waals surface area contributed by atoms with Gasteiger partial charge in [-0.15, -0.1) is 0 Å². The Bertz CT molecular complexity index is 156. The molecule has 1 saturated carbocycles. The minimum absolute atomic E-state index is 0.778. The van der Waals surface area contributed by atoms with E-state index in [1.165, 1.54) is 24.8 Å². The first-order chi connectivity index (χ1) is 5.70. The monoisotopic (exact) mass is 167 g/mol. The van der Waals surface area contributed by atoms with E-state index in [9.17, 15) is 0 Å². The number of allylic oxidation sites excluding steroid dienone is 1. The zero-order valence-corrected chi connectivity index (χ0v) is 8.56. The molecule has 0 aromatic carbocycles. The third-order valence-electron chi connectivity index (χ3n) is 2.75. The van der Waals surface area contributed by atoms with Gasteiger partial charge in [0, 0.05) is 12.6 Å². The normalized spacial score (nSPS) is 28.9. The van der Waals surface area contributed by atoms with Gasteiger partial charge in [0.1, 0.15) is 0 Å². The van der Waals surface area contributed by atoms with Gasteiger partial charge in [-0.3, -0.25) is 0 Å². The molecule has 1 N–H and O–H groups in total. The minimum Gasteiger partial charge on any atom is -0.310 e. The van der Waals surface area contributed by atoms with Gasteiger partial charge in [0.2, 0.25) is 0 Å². The lowest BCUT2D eigenvalue weighted by Gasteiger charge is -2.15. The van der Waals surface area contributed by atoms with Gasteiger partial charge in [0.15, 0.2) is 0 Å². The molecule has 0 amide bonds. The van der Waals surface area contributed by atoms with Crippen molar-refractivity contribution >= 4 is 0 Å². The fraction of sp³-hybridized carbons (Fsp3) is 0.818. The van der Waals surface area contributed by atoms with Crippen LogP contribution in [-0.2, 0) is 0 Å². The molecule has 2 atom stereocenters. The summed E-state index contributed by atoms with van der Waals surface area (Å²) in [5, 5.41) is 3.59. The third kappa shape index (κ3) is 2.98. The molecular formula is C11H21N. The first-order valence-electron chi connectivity index (χ1n) is 5.07. The van der Waals surface area contributed by atoms with Crippen molar-refractivity contribution in [3.63, 3.8) is 0 Å². The number of hydrogen-bond acceptors (Lipinski definition) is 1. The highest BCUT2D eigenvalue weighted by molar-refractivity contribution is 4.95. The summed E-state index contributed by atoms with van der Waals surface area (Å²) in [6, 6.07) is 0.778. The summed E-state index contributed by atoms with van der Waals surface area (Å²) in [6.07, 6.45) is 6.46. The Balaban J connectivity index is 2.18. The molecule has 2 unspecified atom stereocenters. The van der Waals surface area contributed by atoms with Crippen LogP contribution in [0.4, 0.5) is 0 Å². The van der Waals surface area contributed by atoms with Gasteiger partial charge in [-0.25, -0.2) is 0 Å². The number of rotatable bonds is 3. The summed E-state index contributed by atoms with van der Waals surface area (Å²) in [5.41, 5.74) is 1.41. The maximum absolute atomic E-state index is 3.59. The van der Waals surface area contributed by atoms with E-state index in [2.05, 4.69) is 32.2 Å². The Morgan fingerprint density at radius 3 is 2.67 bits per heavy atom. The second-order valence-corrected chi connectivity index (χ2v) is 4.20. The van der Waals surface area contributed by atoms with Crippen molar-refractivity contribution in [2.24, 2.45) is 5.92 Å². The highest BCUT2D eigenvalue weighted by atomic mass is 14.9. The SMILES string of the molecule is CC(C)=CCNC1CCCC1C. The van der Waals surface area contributed by atoms with Crippen molar-refractivity contribution in [3.05, 3.63) is 11.6 Å². The summed E-state index contributed by atoms with van der Waals surface area (Å²) < 4.78 is 0. The molecular weight excluding hydrogens is 146 g/mol. The van der Waals surface area contributed by atoms with E-state index in [1.807, 2.05) is 0 Å². The maximum Gasteiger partial charge on any atom is 0.0140 e. The molecule has 0 bridgehead atoms. The van der Waals surface area contributed by atoms with Gasteiger partial charge >= 0.3 is 0 Å². The number of nitrogens with one attached hydrogen (secondary N) is 1. The predicted molar refractivity (Wildman–Crippen MR) is 54.2 cm³/mol. The first kappa shape index (κ1) is 9.79. The van der Waals surface area contributed by atoms with Crippen molar-refractivity contribution < 1.29 is 0 Å². The standard InChI is InChI=1S/C11H21N/c1-9(2)7-8-12-11-6-4-5-10(11)3/h7,10-12H,4-6,8H2,1-3H3. The Morgan fingerprint density at radius 1 is 1.42 bits per heavy atom. The first-order valence-corrected chi connectivity index (χ1v) is 5.07. The van der Waals surface area contributed by atoms with Crippen molar-refractivity contribution in [1.82, 2.24) is 5.32 Å². The molecule has 0 spiro atoms. The largest absolute Gasteiger partial charge is 0.310 e. The Hall–Kier alpha value is -0.300. The van der Waals surface area contributed by atoms with Crippen LogP contribution in [0, 0.1) is 5.92 Å². The quantitative estimate of drug-likeness (QED) is 0.637. The van der Waals surface area contributed by atoms with Gasteiger partial charge < -0.3 is 5.32 Å². The van der Waals surface area contributed by atoms with Crippen LogP contribution in [0.25, 0.3) is 0 Å². The van der Waals surface area contributed by atoms with E-state index >= 15 is 0 Å². The molecule has 0 radical (unpaired) electrons. The molecule has 0 aromatic rings. The summed E-state index contributed by atoms with van der Waals surface area (Å²) in [5.74, 6) is 0.885. The summed E-state index contributed by atoms with van der Waals surface area (Å²) in [4.78, 5) is 0. The highest BCUT2D eigenvalue weighted by Crippen LogP contribution is 2.24. The third-order valence-corrected chi connectivity index (χ3v) is 2.75. The lowest BCUT2D eigenvalue weighted by atomic mass is 10.1. The van der Waals surface area contributed by atoms with Gasteiger partial charge in [0.05, 0.1) is 0 Å². The average Bonchev–Trinajstić information content (AvgIpc) is 2.36. The molecule has 70 valence electrons. The molecule has 12 heavy (non-hydrogen) atoms. The topological polar surface area (TPSA) is 12.0 Å². The van der Waals surface area contributed by atoms with Crippen molar-refractivity contribution in [1.29, 1.82) is 0 Å². The van der Waals surface area contributed by atoms with Crippen molar-refractivity contribution in [3.8, 4) is 0 Å². The molecule has 0 aliphatic heterocycles. The molecule has 0 saturated heterocycles. The van der Waals surface area contributed by atoms with E-state index in [0.29, 0.717) is 0 Å². The smallest absolute Gasteiger partial charge is 0.0140 e. The van der Waals surface area contributed by atoms with Crippen LogP contribution in [-0.4, -0.2) is 12.6 Å². The van der Waals surface area contributed by atoms with E-state index in [4.69, 9.17) is 0 Å². The maximum atomic E-state index is 3.59. The molecule has 0 heterocycles. The van der Waals surface area contributed by atoms with Gasteiger partial charge in [-0.1, -0.05) is 25.0 Å². The summed E-state index contributed by atoms with van der Waals surface area (Å²) >= 11 is 0. The van der Waals surface area contributed by atoms with Crippen LogP contribution in [0.5, 0.6) is 0 Å². The van der Waals surface area contributed by atoms with Crippen LogP contribution < -0.4 is 5.32 Å². The van der Waals surface area contributed by atoms with Crippen LogP contribution in [0.3, 0.4) is 0 Å². The molecule has 1 aliphatic rings. The predicted octanol–water partition coefficient (Wildman–Crippen LogP) is 2.73. The summed E-state index contributed by atoms with van der Waals surface area (Å²) in [6.45, 7) is 7.71. The fourth-order valence-corrected chi connectivity index (χ4v) is 1.86. The second-order valence-electron chi connectivity index (χ2n) is 4.20. The van der Waals surface area contributed by atoms with Gasteiger partial charge in [-0.2, -0.15) is 0 Å². The average molecular weight is 167 g/mol. The van der Waals surface area contributed by atoms with Crippen LogP contribution >= 0.6 is 0 Å². The van der Waals surface area contributed by atoms with Crippen molar-refractivity contribution in [2.75, 3.05) is 6.54 Å². The zero-order chi connectivity index (χ0) is 8.97. The Labute approximate surface area is 76.2 Å². The second kappa shape index (κ2) is 4.66. The minimum atomic E-state index is 0.778. The van der Waals surface area contributed by atoms with Crippen molar-refractivity contribution in [2.45, 2.75) is 46.1 Å². The van der Waals surface area contributed by atoms with Gasteiger partial charge in [0.25, 0.3) is 0 Å². The molecule has 1 rings (SSSR count). The summed E-state index contributed by atoms with van der Waals surface area (Å²) in [7, 11) is 0. The highest BCUT2D eigenvalue weighted by Gasteiger charge is 2.21. The molecule has 1 heteroatoms. The van der Waals surface area contributed by atoms with E-state index in [-0.39, 0.29) is 0 Å². The fourth-order valence-electron chi connectivity index (χ4n) is 1.86. The number of hydrogen-bond donors (Lipinski definition) is 1. The lowest BCUT2D eigenvalue weighted by Crippen LogP contribution is -2.31. The van der Waals surface area contributed by atoms with Crippen LogP contribution in [0.2, 0.25) is 0 Å². The van der Waals surface area contributed by atoms with Crippen LogP contribution in [0.15, 0.2) is 11.6 Å². The Kier molecular flexibility index (Phi) is 3.80. The van der Waals surface area contributed by atoms with Crippen LogP contribution in [0.1, 0.15) is 40.0 Å². The van der Waals surface area contributed by atoms with E-state index in [0.717, 1.165) is 18.5 Å². The molecule has 1 nitrogen and oxygen atoms in total.